The Morgan fingerprint density at radius 1 is 0.971 bits per heavy atom. The Morgan fingerprint density at radius 2 is 1.74 bits per heavy atom. The van der Waals surface area contributed by atoms with E-state index in [2.05, 4.69) is 82.7 Å². The third-order valence-corrected chi connectivity index (χ3v) is 6.73. The van der Waals surface area contributed by atoms with Crippen LogP contribution >= 0.6 is 0 Å². The van der Waals surface area contributed by atoms with Gasteiger partial charge < -0.3 is 15.1 Å². The van der Waals surface area contributed by atoms with Crippen LogP contribution in [0, 0.1) is 11.3 Å². The number of hydrogen-bond acceptors (Lipinski definition) is 5. The van der Waals surface area contributed by atoms with Crippen molar-refractivity contribution in [1.29, 1.82) is 5.26 Å². The van der Waals surface area contributed by atoms with Gasteiger partial charge in [-0.25, -0.2) is 0 Å². The zero-order valence-corrected chi connectivity index (χ0v) is 19.7. The van der Waals surface area contributed by atoms with E-state index in [1.54, 1.807) is 0 Å². The summed E-state index contributed by atoms with van der Waals surface area (Å²) in [5.74, 6) is 0. The highest BCUT2D eigenvalue weighted by atomic mass is 15.2. The summed E-state index contributed by atoms with van der Waals surface area (Å²) < 4.78 is 0. The van der Waals surface area contributed by atoms with Crippen molar-refractivity contribution < 1.29 is 0 Å². The lowest BCUT2D eigenvalue weighted by atomic mass is 10.0. The molecule has 0 radical (unpaired) electrons. The van der Waals surface area contributed by atoms with Crippen LogP contribution in [-0.2, 0) is 0 Å². The van der Waals surface area contributed by atoms with Crippen molar-refractivity contribution in [3.8, 4) is 17.2 Å². The Kier molecular flexibility index (Phi) is 6.16. The number of pyridine rings is 1. The summed E-state index contributed by atoms with van der Waals surface area (Å²) in [6, 6.07) is 27.5. The van der Waals surface area contributed by atoms with E-state index in [1.807, 2.05) is 36.5 Å². The Hall–Kier alpha value is -3.88. The van der Waals surface area contributed by atoms with E-state index < -0.39 is 0 Å². The van der Waals surface area contributed by atoms with E-state index in [9.17, 15) is 0 Å². The van der Waals surface area contributed by atoms with Crippen molar-refractivity contribution in [1.82, 2.24) is 9.88 Å². The van der Waals surface area contributed by atoms with Gasteiger partial charge in [0.1, 0.15) is 0 Å². The molecule has 1 unspecified atom stereocenters. The molecule has 1 atom stereocenters. The maximum atomic E-state index is 9.07. The molecule has 1 aliphatic heterocycles. The van der Waals surface area contributed by atoms with Crippen molar-refractivity contribution in [2.75, 3.05) is 37.4 Å². The minimum Gasteiger partial charge on any atom is -0.370 e. The van der Waals surface area contributed by atoms with Gasteiger partial charge in [0.2, 0.25) is 0 Å². The summed E-state index contributed by atoms with van der Waals surface area (Å²) in [6.45, 7) is 2.19. The van der Waals surface area contributed by atoms with E-state index in [1.165, 1.54) is 18.5 Å². The van der Waals surface area contributed by atoms with Crippen LogP contribution < -0.4 is 10.2 Å². The highest BCUT2D eigenvalue weighted by Gasteiger charge is 2.21. The molecule has 5 nitrogen and oxygen atoms in total. The maximum absolute atomic E-state index is 9.07. The molecular weight excluding hydrogens is 418 g/mol. The zero-order valence-electron chi connectivity index (χ0n) is 19.7. The molecule has 1 aromatic heterocycles. The molecular formula is C29H29N5. The molecule has 1 saturated heterocycles. The quantitative estimate of drug-likeness (QED) is 0.404. The molecule has 1 aliphatic rings. The second kappa shape index (κ2) is 9.54. The number of fused-ring (bicyclic) bond motifs is 1. The molecule has 34 heavy (non-hydrogen) atoms. The van der Waals surface area contributed by atoms with Crippen LogP contribution in [0.15, 0.2) is 79.0 Å². The average molecular weight is 448 g/mol. The zero-order chi connectivity index (χ0) is 23.5. The Morgan fingerprint density at radius 3 is 2.47 bits per heavy atom. The number of nitrogens with one attached hydrogen (secondary N) is 1. The van der Waals surface area contributed by atoms with E-state index >= 15 is 0 Å². The van der Waals surface area contributed by atoms with E-state index in [0.29, 0.717) is 11.6 Å². The fraction of sp³-hybridized carbons (Fsp3) is 0.241. The number of nitriles is 1. The second-order valence-electron chi connectivity index (χ2n) is 9.16. The molecule has 5 heteroatoms. The molecule has 170 valence electrons. The van der Waals surface area contributed by atoms with Crippen molar-refractivity contribution in [2.24, 2.45) is 0 Å². The number of hydrogen-bond donors (Lipinski definition) is 1. The van der Waals surface area contributed by atoms with Crippen molar-refractivity contribution in [2.45, 2.75) is 18.9 Å². The van der Waals surface area contributed by atoms with Crippen molar-refractivity contribution in [3.05, 3.63) is 84.6 Å². The topological polar surface area (TPSA) is 55.2 Å². The fourth-order valence-corrected chi connectivity index (χ4v) is 4.69. The molecule has 0 spiro atoms. The number of nitrogens with zero attached hydrogens (tertiary/aromatic N) is 4. The van der Waals surface area contributed by atoms with Gasteiger partial charge in [-0.05, 0) is 92.7 Å². The van der Waals surface area contributed by atoms with Gasteiger partial charge >= 0.3 is 0 Å². The van der Waals surface area contributed by atoms with Crippen LogP contribution in [0.2, 0.25) is 0 Å². The van der Waals surface area contributed by atoms with E-state index in [0.717, 1.165) is 46.5 Å². The number of rotatable bonds is 5. The Balaban J connectivity index is 1.38. The summed E-state index contributed by atoms with van der Waals surface area (Å²) in [5, 5.41) is 13.7. The van der Waals surface area contributed by atoms with Gasteiger partial charge in [-0.3, -0.25) is 4.98 Å². The Bertz CT molecular complexity index is 1320. The number of piperidine rings is 1. The summed E-state index contributed by atoms with van der Waals surface area (Å²) in [4.78, 5) is 9.37. The predicted octanol–water partition coefficient (Wildman–Crippen LogP) is 6.05. The second-order valence-corrected chi connectivity index (χ2v) is 9.16. The molecule has 0 bridgehead atoms. The lowest BCUT2D eigenvalue weighted by Gasteiger charge is -2.37. The first-order valence-corrected chi connectivity index (χ1v) is 11.8. The first-order chi connectivity index (χ1) is 16.6. The van der Waals surface area contributed by atoms with Gasteiger partial charge in [-0.1, -0.05) is 18.2 Å². The molecule has 3 aromatic carbocycles. The summed E-state index contributed by atoms with van der Waals surface area (Å²) in [5.41, 5.74) is 7.15. The number of likely N-dealkylation sites (N-methyl/N-ethyl adjacent to an activating group) is 1. The smallest absolute Gasteiger partial charge is 0.0991 e. The standard InChI is InChI=1S/C29H29N5/c1-33(2)26-4-3-17-34(20-26)25-12-10-24(11-13-25)32-29-15-16-31-28-14-9-23(18-27(28)29)22-7-5-21(19-30)6-8-22/h5-16,18,26H,3-4,17,20H2,1-2H3,(H,31,32). The van der Waals surface area contributed by atoms with Gasteiger partial charge in [0, 0.05) is 47.8 Å². The van der Waals surface area contributed by atoms with Crippen LogP contribution in [0.4, 0.5) is 17.1 Å². The van der Waals surface area contributed by atoms with Crippen LogP contribution in [0.25, 0.3) is 22.0 Å². The van der Waals surface area contributed by atoms with Crippen LogP contribution in [0.5, 0.6) is 0 Å². The van der Waals surface area contributed by atoms with Gasteiger partial charge in [-0.2, -0.15) is 5.26 Å². The van der Waals surface area contributed by atoms with Crippen molar-refractivity contribution in [3.63, 3.8) is 0 Å². The lowest BCUT2D eigenvalue weighted by molar-refractivity contribution is 0.258. The molecule has 0 aliphatic carbocycles. The Labute approximate surface area is 201 Å². The first kappa shape index (κ1) is 21.9. The van der Waals surface area contributed by atoms with Gasteiger partial charge in [0.25, 0.3) is 0 Å². The average Bonchev–Trinajstić information content (AvgIpc) is 2.89. The van der Waals surface area contributed by atoms with Gasteiger partial charge in [0.05, 0.1) is 17.1 Å². The van der Waals surface area contributed by atoms with Gasteiger partial charge in [0.15, 0.2) is 0 Å². The number of anilines is 3. The molecule has 1 N–H and O–H groups in total. The number of benzene rings is 3. The summed E-state index contributed by atoms with van der Waals surface area (Å²) in [6.07, 6.45) is 4.34. The minimum atomic E-state index is 0.611. The molecule has 0 saturated carbocycles. The maximum Gasteiger partial charge on any atom is 0.0991 e. The van der Waals surface area contributed by atoms with Gasteiger partial charge in [-0.15, -0.1) is 0 Å². The lowest BCUT2D eigenvalue weighted by Crippen LogP contribution is -2.45. The van der Waals surface area contributed by atoms with E-state index in [4.69, 9.17) is 5.26 Å². The highest BCUT2D eigenvalue weighted by Crippen LogP contribution is 2.31. The van der Waals surface area contributed by atoms with Crippen LogP contribution in [-0.4, -0.2) is 43.1 Å². The van der Waals surface area contributed by atoms with Crippen LogP contribution in [0.3, 0.4) is 0 Å². The molecule has 2 heterocycles. The molecule has 5 rings (SSSR count). The first-order valence-electron chi connectivity index (χ1n) is 11.8. The summed E-state index contributed by atoms with van der Waals surface area (Å²) in [7, 11) is 4.35. The predicted molar refractivity (Wildman–Crippen MR) is 141 cm³/mol. The normalized spacial score (nSPS) is 15.9. The summed E-state index contributed by atoms with van der Waals surface area (Å²) >= 11 is 0. The minimum absolute atomic E-state index is 0.611. The molecule has 1 fully saturated rings. The highest BCUT2D eigenvalue weighted by molar-refractivity contribution is 5.95. The largest absolute Gasteiger partial charge is 0.370 e. The monoisotopic (exact) mass is 447 g/mol. The third-order valence-electron chi connectivity index (χ3n) is 6.73. The molecule has 0 amide bonds. The number of aromatic nitrogens is 1. The third kappa shape index (κ3) is 4.59. The van der Waals surface area contributed by atoms with Crippen molar-refractivity contribution >= 4 is 28.0 Å². The molecule has 4 aromatic rings. The fourth-order valence-electron chi connectivity index (χ4n) is 4.69. The van der Waals surface area contributed by atoms with E-state index in [-0.39, 0.29) is 0 Å². The van der Waals surface area contributed by atoms with Crippen LogP contribution in [0.1, 0.15) is 18.4 Å². The SMILES string of the molecule is CN(C)C1CCCN(c2ccc(Nc3ccnc4ccc(-c5ccc(C#N)cc5)cc34)cc2)C1.